The van der Waals surface area contributed by atoms with Crippen molar-refractivity contribution in [3.05, 3.63) is 60.8 Å². The smallest absolute Gasteiger partial charge is 0.306 e. The molecule has 0 aliphatic carbocycles. The lowest BCUT2D eigenvalue weighted by molar-refractivity contribution is -0.167. The van der Waals surface area contributed by atoms with Crippen molar-refractivity contribution in [2.24, 2.45) is 0 Å². The molecule has 0 aliphatic rings. The minimum atomic E-state index is -0.772. The first-order chi connectivity index (χ1) is 37.5. The van der Waals surface area contributed by atoms with Crippen molar-refractivity contribution in [1.29, 1.82) is 0 Å². The Morgan fingerprint density at radius 2 is 0.474 bits per heavy atom. The van der Waals surface area contributed by atoms with E-state index in [0.717, 1.165) is 77.0 Å². The van der Waals surface area contributed by atoms with Gasteiger partial charge in [-0.2, -0.15) is 0 Å². The molecule has 0 fully saturated rings. The summed E-state index contributed by atoms with van der Waals surface area (Å²) < 4.78 is 16.8. The van der Waals surface area contributed by atoms with Gasteiger partial charge in [-0.15, -0.1) is 0 Å². The van der Waals surface area contributed by atoms with E-state index in [1.54, 1.807) is 0 Å². The van der Waals surface area contributed by atoms with Crippen molar-refractivity contribution in [3.8, 4) is 0 Å². The lowest BCUT2D eigenvalue weighted by Gasteiger charge is -2.18. The largest absolute Gasteiger partial charge is 0.462 e. The van der Waals surface area contributed by atoms with E-state index in [9.17, 15) is 14.4 Å². The SMILES string of the molecule is CCCCCCC/C=C\C/C=C\C/C=C\CCCCCCCCCCCCCCC(=O)OCC(COC(=O)CCCCCCCC)OC(=O)CCCCCCCCCCCCCCC/C=C\C/C=C\CCCCCCC. The fraction of sp³-hybridized carbons (Fsp3) is 0.814. The average molecular weight is 1060 g/mol. The summed E-state index contributed by atoms with van der Waals surface area (Å²) in [5.41, 5.74) is 0. The van der Waals surface area contributed by atoms with Gasteiger partial charge in [0.05, 0.1) is 0 Å². The summed E-state index contributed by atoms with van der Waals surface area (Å²) in [5, 5.41) is 0. The zero-order chi connectivity index (χ0) is 55.0. The summed E-state index contributed by atoms with van der Waals surface area (Å²) in [6.45, 7) is 6.60. The van der Waals surface area contributed by atoms with Gasteiger partial charge in [-0.25, -0.2) is 0 Å². The number of hydrogen-bond acceptors (Lipinski definition) is 6. The molecule has 1 unspecified atom stereocenters. The van der Waals surface area contributed by atoms with Crippen LogP contribution in [0.15, 0.2) is 60.8 Å². The van der Waals surface area contributed by atoms with Crippen LogP contribution in [0.25, 0.3) is 0 Å². The van der Waals surface area contributed by atoms with Crippen molar-refractivity contribution in [3.63, 3.8) is 0 Å². The molecule has 0 aromatic rings. The zero-order valence-electron chi connectivity index (χ0n) is 50.8. The van der Waals surface area contributed by atoms with Gasteiger partial charge < -0.3 is 14.2 Å². The van der Waals surface area contributed by atoms with E-state index in [4.69, 9.17) is 14.2 Å². The molecule has 0 N–H and O–H groups in total. The lowest BCUT2D eigenvalue weighted by atomic mass is 10.0. The Hall–Kier alpha value is -2.89. The standard InChI is InChI=1S/C70H126O6/c1-4-7-10-13-16-18-20-22-24-26-28-30-32-34-35-37-38-40-42-44-46-48-50-52-54-57-60-63-69(72)75-66-67(65-74-68(71)62-59-56-15-12-9-6-3)76-70(73)64-61-58-55-53-51-49-47-45-43-41-39-36-33-31-29-27-25-23-21-19-17-14-11-8-5-2/h20-23,26-29,32,34,67H,4-19,24-25,30-31,33,35-66H2,1-3H3/b22-20-,23-21-,28-26-,29-27-,34-32-. The number of carbonyl (C=O) groups excluding carboxylic acids is 3. The number of rotatable bonds is 61. The Morgan fingerprint density at radius 1 is 0.263 bits per heavy atom. The molecular weight excluding hydrogens is 937 g/mol. The molecule has 1 atom stereocenters. The molecule has 6 nitrogen and oxygen atoms in total. The van der Waals surface area contributed by atoms with Crippen molar-refractivity contribution in [2.75, 3.05) is 13.2 Å². The Morgan fingerprint density at radius 3 is 0.737 bits per heavy atom. The van der Waals surface area contributed by atoms with Gasteiger partial charge in [0, 0.05) is 19.3 Å². The van der Waals surface area contributed by atoms with E-state index >= 15 is 0 Å². The molecule has 76 heavy (non-hydrogen) atoms. The van der Waals surface area contributed by atoms with E-state index in [0.29, 0.717) is 19.3 Å². The van der Waals surface area contributed by atoms with Crippen molar-refractivity contribution < 1.29 is 28.6 Å². The normalized spacial score (nSPS) is 12.4. The van der Waals surface area contributed by atoms with E-state index in [-0.39, 0.29) is 31.1 Å². The maximum Gasteiger partial charge on any atom is 0.306 e. The monoisotopic (exact) mass is 1060 g/mol. The Bertz CT molecular complexity index is 1360. The molecular formula is C70H126O6. The molecule has 0 saturated carbocycles. The minimum absolute atomic E-state index is 0.0726. The van der Waals surface area contributed by atoms with Gasteiger partial charge in [-0.05, 0) is 89.9 Å². The second-order valence-electron chi connectivity index (χ2n) is 22.4. The molecule has 0 aromatic heterocycles. The fourth-order valence-corrected chi connectivity index (χ4v) is 9.72. The molecule has 0 aromatic carbocycles. The Kier molecular flexibility index (Phi) is 62.2. The highest BCUT2D eigenvalue weighted by molar-refractivity contribution is 5.71. The number of carbonyl (C=O) groups is 3. The second kappa shape index (κ2) is 64.6. The quantitative estimate of drug-likeness (QED) is 0.0261. The minimum Gasteiger partial charge on any atom is -0.462 e. The van der Waals surface area contributed by atoms with Crippen LogP contribution in [0, 0.1) is 0 Å². The molecule has 0 saturated heterocycles. The number of esters is 3. The Balaban J connectivity index is 4.05. The summed E-state index contributed by atoms with van der Waals surface area (Å²) in [7, 11) is 0. The molecule has 0 radical (unpaired) electrons. The van der Waals surface area contributed by atoms with Crippen molar-refractivity contribution in [2.45, 2.75) is 354 Å². The summed E-state index contributed by atoms with van der Waals surface area (Å²) in [5.74, 6) is -0.868. The summed E-state index contributed by atoms with van der Waals surface area (Å²) >= 11 is 0. The summed E-state index contributed by atoms with van der Waals surface area (Å²) in [4.78, 5) is 38.1. The van der Waals surface area contributed by atoms with E-state index < -0.39 is 6.10 Å². The van der Waals surface area contributed by atoms with E-state index in [1.807, 2.05) is 0 Å². The molecule has 0 rings (SSSR count). The summed E-state index contributed by atoms with van der Waals surface area (Å²) in [6.07, 6.45) is 82.7. The first-order valence-electron chi connectivity index (χ1n) is 33.3. The van der Waals surface area contributed by atoms with Crippen LogP contribution in [0.2, 0.25) is 0 Å². The topological polar surface area (TPSA) is 78.9 Å². The third-order valence-electron chi connectivity index (χ3n) is 14.7. The highest BCUT2D eigenvalue weighted by Crippen LogP contribution is 2.17. The van der Waals surface area contributed by atoms with Crippen LogP contribution in [-0.4, -0.2) is 37.2 Å². The number of unbranched alkanes of at least 4 members (excludes halogenated alkanes) is 40. The molecule has 0 heterocycles. The zero-order valence-corrected chi connectivity index (χ0v) is 50.8. The first-order valence-corrected chi connectivity index (χ1v) is 33.3. The molecule has 0 aliphatic heterocycles. The highest BCUT2D eigenvalue weighted by atomic mass is 16.6. The van der Waals surface area contributed by atoms with Gasteiger partial charge in [-0.1, -0.05) is 300 Å². The third kappa shape index (κ3) is 62.0. The van der Waals surface area contributed by atoms with Crippen molar-refractivity contribution in [1.82, 2.24) is 0 Å². The molecule has 6 heteroatoms. The summed E-state index contributed by atoms with van der Waals surface area (Å²) in [6, 6.07) is 0. The van der Waals surface area contributed by atoms with E-state index in [2.05, 4.69) is 81.5 Å². The van der Waals surface area contributed by atoms with Gasteiger partial charge in [0.1, 0.15) is 13.2 Å². The highest BCUT2D eigenvalue weighted by Gasteiger charge is 2.19. The van der Waals surface area contributed by atoms with Crippen LogP contribution < -0.4 is 0 Å². The average Bonchev–Trinajstić information content (AvgIpc) is 3.42. The Labute approximate surface area is 472 Å². The van der Waals surface area contributed by atoms with Crippen LogP contribution in [0.1, 0.15) is 348 Å². The van der Waals surface area contributed by atoms with E-state index in [1.165, 1.54) is 231 Å². The van der Waals surface area contributed by atoms with Crippen LogP contribution in [-0.2, 0) is 28.6 Å². The second-order valence-corrected chi connectivity index (χ2v) is 22.4. The maximum absolute atomic E-state index is 12.9. The van der Waals surface area contributed by atoms with Crippen molar-refractivity contribution >= 4 is 17.9 Å². The van der Waals surface area contributed by atoms with Gasteiger partial charge in [0.15, 0.2) is 6.10 Å². The predicted molar refractivity (Wildman–Crippen MR) is 330 cm³/mol. The van der Waals surface area contributed by atoms with Crippen LogP contribution >= 0.6 is 0 Å². The van der Waals surface area contributed by atoms with Gasteiger partial charge in [-0.3, -0.25) is 14.4 Å². The van der Waals surface area contributed by atoms with Crippen LogP contribution in [0.5, 0.6) is 0 Å². The molecule has 0 amide bonds. The number of allylic oxidation sites excluding steroid dienone is 10. The fourth-order valence-electron chi connectivity index (χ4n) is 9.72. The number of ether oxygens (including phenoxy) is 3. The van der Waals surface area contributed by atoms with Gasteiger partial charge >= 0.3 is 17.9 Å². The van der Waals surface area contributed by atoms with Crippen LogP contribution in [0.3, 0.4) is 0 Å². The van der Waals surface area contributed by atoms with Gasteiger partial charge in [0.2, 0.25) is 0 Å². The molecule has 0 spiro atoms. The maximum atomic E-state index is 12.9. The van der Waals surface area contributed by atoms with Gasteiger partial charge in [0.25, 0.3) is 0 Å². The first kappa shape index (κ1) is 73.1. The number of hydrogen-bond donors (Lipinski definition) is 0. The molecule has 442 valence electrons. The van der Waals surface area contributed by atoms with Crippen LogP contribution in [0.4, 0.5) is 0 Å². The predicted octanol–water partition coefficient (Wildman–Crippen LogP) is 22.7. The molecule has 0 bridgehead atoms. The third-order valence-corrected chi connectivity index (χ3v) is 14.7. The lowest BCUT2D eigenvalue weighted by Crippen LogP contribution is -2.30.